The molecular formula is C32H44N6O7S. The zero-order chi connectivity index (χ0) is 33.4. The van der Waals surface area contributed by atoms with Gasteiger partial charge in [-0.3, -0.25) is 24.4 Å². The predicted octanol–water partition coefficient (Wildman–Crippen LogP) is 1.59. The summed E-state index contributed by atoms with van der Waals surface area (Å²) in [6.07, 6.45) is 4.38. The van der Waals surface area contributed by atoms with Gasteiger partial charge in [0.2, 0.25) is 21.8 Å². The van der Waals surface area contributed by atoms with E-state index in [0.717, 1.165) is 11.6 Å². The maximum Gasteiger partial charge on any atom is 0.258 e. The minimum absolute atomic E-state index is 0.150. The summed E-state index contributed by atoms with van der Waals surface area (Å²) in [6, 6.07) is 6.72. The van der Waals surface area contributed by atoms with Crippen molar-refractivity contribution in [2.75, 3.05) is 19.3 Å². The lowest BCUT2D eigenvalue weighted by atomic mass is 9.92. The number of hydrazine groups is 1. The Labute approximate surface area is 269 Å². The zero-order valence-electron chi connectivity index (χ0n) is 26.9. The molecule has 14 heteroatoms. The molecule has 5 bridgehead atoms. The van der Waals surface area contributed by atoms with E-state index in [2.05, 4.69) is 16.1 Å². The summed E-state index contributed by atoms with van der Waals surface area (Å²) in [6.45, 7) is 7.38. The van der Waals surface area contributed by atoms with Crippen LogP contribution in [-0.4, -0.2) is 94.8 Å². The van der Waals surface area contributed by atoms with E-state index >= 15 is 0 Å². The Kier molecular flexibility index (Phi) is 9.85. The van der Waals surface area contributed by atoms with Crippen molar-refractivity contribution in [3.63, 3.8) is 0 Å². The van der Waals surface area contributed by atoms with Gasteiger partial charge in [-0.1, -0.05) is 44.2 Å². The number of benzene rings is 1. The molecule has 0 radical (unpaired) electrons. The summed E-state index contributed by atoms with van der Waals surface area (Å²) in [5, 5.41) is 18.8. The Morgan fingerprint density at radius 3 is 2.52 bits per heavy atom. The lowest BCUT2D eigenvalue weighted by Crippen LogP contribution is -2.63. The molecule has 1 aromatic carbocycles. The average Bonchev–Trinajstić information content (AvgIpc) is 3.47. The first kappa shape index (κ1) is 33.9. The molecule has 4 N–H and O–H groups in total. The number of amides is 3. The number of carbonyl (C=O) groups excluding carboxylic acids is 3. The molecule has 1 unspecified atom stereocenters. The van der Waals surface area contributed by atoms with Crippen LogP contribution in [-0.2, 0) is 29.1 Å². The highest BCUT2D eigenvalue weighted by Gasteiger charge is 2.50. The number of nitrogens with one attached hydrogen (secondary N) is 3. The highest BCUT2D eigenvalue weighted by molar-refractivity contribution is 7.88. The number of nitrogens with zero attached hydrogens (tertiary/aromatic N) is 3. The van der Waals surface area contributed by atoms with Crippen LogP contribution in [0.2, 0.25) is 0 Å². The SMILES string of the molecule is CC(C)[C@@H]1NC(=O)[C@@]2(/C=C/c3ccc4ccc(nc4c3)[C@@H](C)OC(O)[C@@H]3CCCN(N3)C(=O)[C@H](C)NC1=O)CCCN2S(C)(=O)=O. The van der Waals surface area contributed by atoms with Gasteiger partial charge in [0.1, 0.15) is 17.6 Å². The van der Waals surface area contributed by atoms with Crippen LogP contribution < -0.4 is 16.1 Å². The van der Waals surface area contributed by atoms with Crippen molar-refractivity contribution in [2.45, 2.75) is 89.4 Å². The normalized spacial score (nSPS) is 31.3. The number of rotatable bonds is 2. The molecule has 1 aromatic heterocycles. The first-order chi connectivity index (χ1) is 21.7. The molecule has 2 aromatic rings. The second-order valence-electron chi connectivity index (χ2n) is 12.8. The molecule has 5 rings (SSSR count). The molecule has 3 aliphatic heterocycles. The summed E-state index contributed by atoms with van der Waals surface area (Å²) < 4.78 is 33.1. The minimum atomic E-state index is -3.81. The number of pyridine rings is 1. The van der Waals surface area contributed by atoms with Crippen LogP contribution in [0.1, 0.15) is 70.7 Å². The molecule has 0 aliphatic carbocycles. The fraction of sp³-hybridized carbons (Fsp3) is 0.562. The summed E-state index contributed by atoms with van der Waals surface area (Å²) in [7, 11) is -3.81. The Morgan fingerprint density at radius 1 is 1.07 bits per heavy atom. The molecule has 250 valence electrons. The number of fused-ring (bicyclic) bond motifs is 4. The van der Waals surface area contributed by atoms with Gasteiger partial charge in [-0.15, -0.1) is 0 Å². The summed E-state index contributed by atoms with van der Waals surface area (Å²) in [5.41, 5.74) is 3.42. The molecule has 4 heterocycles. The molecule has 2 fully saturated rings. The van der Waals surface area contributed by atoms with E-state index < -0.39 is 63.8 Å². The van der Waals surface area contributed by atoms with Crippen LogP contribution in [0.25, 0.3) is 17.0 Å². The third kappa shape index (κ3) is 6.95. The van der Waals surface area contributed by atoms with Crippen molar-refractivity contribution in [3.8, 4) is 0 Å². The Balaban J connectivity index is 1.58. The highest BCUT2D eigenvalue weighted by atomic mass is 32.2. The molecular weight excluding hydrogens is 612 g/mol. The van der Waals surface area contributed by atoms with E-state index in [1.807, 2.05) is 30.3 Å². The second-order valence-corrected chi connectivity index (χ2v) is 14.8. The molecule has 1 spiro atoms. The van der Waals surface area contributed by atoms with Crippen molar-refractivity contribution >= 4 is 44.7 Å². The standard InChI is InChI=1S/C32H44N6O7S/c1-19(2)27-28(39)33-20(3)29(40)37-16-6-8-25(36-37)30(41)45-21(4)24-12-11-23-10-9-22(18-26(23)34-24)13-15-32(31(42)35-27)14-7-17-38(32)46(5,43)44/h9-13,15,18-21,25,27,30,36,41H,6-8,14,16-17H2,1-5H3,(H,33,39)(H,35,42)/b15-13+/t20-,21+,25-,27-,30?,32-/m0/s1. The van der Waals surface area contributed by atoms with E-state index in [0.29, 0.717) is 42.6 Å². The smallest absolute Gasteiger partial charge is 0.258 e. The van der Waals surface area contributed by atoms with Crippen LogP contribution in [0.3, 0.4) is 0 Å². The summed E-state index contributed by atoms with van der Waals surface area (Å²) >= 11 is 0. The van der Waals surface area contributed by atoms with Crippen molar-refractivity contribution in [2.24, 2.45) is 5.92 Å². The number of sulfonamides is 1. The lowest BCUT2D eigenvalue weighted by molar-refractivity contribution is -0.172. The molecule has 46 heavy (non-hydrogen) atoms. The molecule has 0 saturated carbocycles. The molecule has 3 amide bonds. The Morgan fingerprint density at radius 2 is 1.80 bits per heavy atom. The van der Waals surface area contributed by atoms with Gasteiger partial charge in [-0.05, 0) is 63.1 Å². The monoisotopic (exact) mass is 656 g/mol. The van der Waals surface area contributed by atoms with Crippen LogP contribution in [0.5, 0.6) is 0 Å². The Bertz CT molecular complexity index is 1630. The molecule has 2 saturated heterocycles. The number of hydrogen-bond acceptors (Lipinski definition) is 9. The van der Waals surface area contributed by atoms with Gasteiger partial charge < -0.3 is 20.5 Å². The largest absolute Gasteiger partial charge is 0.367 e. The van der Waals surface area contributed by atoms with Crippen molar-refractivity contribution in [1.29, 1.82) is 0 Å². The maximum absolute atomic E-state index is 14.2. The predicted molar refractivity (Wildman–Crippen MR) is 172 cm³/mol. The zero-order valence-corrected chi connectivity index (χ0v) is 27.7. The van der Waals surface area contributed by atoms with Crippen LogP contribution in [0.15, 0.2) is 36.4 Å². The fourth-order valence-electron chi connectivity index (χ4n) is 6.41. The number of ether oxygens (including phenoxy) is 1. The van der Waals surface area contributed by atoms with Crippen molar-refractivity contribution < 1.29 is 32.6 Å². The van der Waals surface area contributed by atoms with Crippen LogP contribution >= 0.6 is 0 Å². The topological polar surface area (TPSA) is 170 Å². The lowest BCUT2D eigenvalue weighted by Gasteiger charge is -2.38. The van der Waals surface area contributed by atoms with Crippen molar-refractivity contribution in [3.05, 3.63) is 47.7 Å². The van der Waals surface area contributed by atoms with E-state index in [1.54, 1.807) is 39.8 Å². The molecule has 3 aliphatic rings. The first-order valence-corrected chi connectivity index (χ1v) is 17.6. The van der Waals surface area contributed by atoms with Gasteiger partial charge in [-0.2, -0.15) is 4.31 Å². The molecule has 6 atom stereocenters. The number of aromatic nitrogens is 1. The number of aliphatic hydroxyl groups is 1. The number of carbonyl (C=O) groups is 3. The molecule has 13 nitrogen and oxygen atoms in total. The second kappa shape index (κ2) is 13.4. The highest BCUT2D eigenvalue weighted by Crippen LogP contribution is 2.35. The van der Waals surface area contributed by atoms with Gasteiger partial charge in [0.15, 0.2) is 6.29 Å². The van der Waals surface area contributed by atoms with E-state index in [-0.39, 0.29) is 18.9 Å². The quantitative estimate of drug-likeness (QED) is 0.375. The van der Waals surface area contributed by atoms with Gasteiger partial charge in [0.25, 0.3) is 5.91 Å². The van der Waals surface area contributed by atoms with Gasteiger partial charge in [0.05, 0.1) is 29.6 Å². The summed E-state index contributed by atoms with van der Waals surface area (Å²) in [5.74, 6) is -1.98. The van der Waals surface area contributed by atoms with E-state index in [1.165, 1.54) is 9.31 Å². The first-order valence-electron chi connectivity index (χ1n) is 15.8. The van der Waals surface area contributed by atoms with E-state index in [9.17, 15) is 27.9 Å². The summed E-state index contributed by atoms with van der Waals surface area (Å²) in [4.78, 5) is 45.9. The average molecular weight is 657 g/mol. The van der Waals surface area contributed by atoms with E-state index in [4.69, 9.17) is 9.72 Å². The number of hydrogen-bond donors (Lipinski definition) is 4. The van der Waals surface area contributed by atoms with Crippen LogP contribution in [0.4, 0.5) is 0 Å². The minimum Gasteiger partial charge on any atom is -0.367 e. The number of aliphatic hydroxyl groups excluding tert-OH is 1. The van der Waals surface area contributed by atoms with Crippen LogP contribution in [0, 0.1) is 5.92 Å². The third-order valence-corrected chi connectivity index (χ3v) is 10.3. The van der Waals surface area contributed by atoms with Gasteiger partial charge in [0, 0.05) is 18.5 Å². The van der Waals surface area contributed by atoms with Gasteiger partial charge >= 0.3 is 0 Å². The fourth-order valence-corrected chi connectivity index (χ4v) is 7.70. The third-order valence-electron chi connectivity index (χ3n) is 9.00. The van der Waals surface area contributed by atoms with Gasteiger partial charge in [-0.25, -0.2) is 13.8 Å². The Hall–Kier alpha value is -3.43. The van der Waals surface area contributed by atoms with Crippen molar-refractivity contribution in [1.82, 2.24) is 30.4 Å². The maximum atomic E-state index is 14.2.